The fourth-order valence-corrected chi connectivity index (χ4v) is 3.52. The molecule has 3 aromatic heterocycles. The molecule has 4 heterocycles. The molecule has 1 aliphatic rings. The number of hydrogen-bond acceptors (Lipinski definition) is 6. The third kappa shape index (κ3) is 4.24. The molecule has 0 unspecified atom stereocenters. The number of hydrogen-bond donors (Lipinski definition) is 1. The van der Waals surface area contributed by atoms with Crippen molar-refractivity contribution in [1.82, 2.24) is 19.9 Å². The van der Waals surface area contributed by atoms with Crippen LogP contribution in [-0.2, 0) is 9.53 Å². The van der Waals surface area contributed by atoms with Gasteiger partial charge in [0.15, 0.2) is 0 Å². The van der Waals surface area contributed by atoms with E-state index in [1.807, 2.05) is 24.3 Å². The number of ether oxygens (including phenoxy) is 1. The highest BCUT2D eigenvalue weighted by Gasteiger charge is 2.57. The van der Waals surface area contributed by atoms with Crippen LogP contribution in [-0.4, -0.2) is 117 Å². The standard InChI is InChI=1S/C19H11B8N5O2/c20-16(21)18(24,25)34-19(26,27)17(22,23)32(16)9-15(33)31-14-6-13-11(8-29-14)3-4-12(30-13)10-2-1-5-28-7-10/h1-8H,9H2,(H,29,31,33). The summed E-state index contributed by atoms with van der Waals surface area (Å²) in [6.07, 6.45) is 4.92. The minimum absolute atomic E-state index is 0.194. The van der Waals surface area contributed by atoms with Gasteiger partial charge >= 0.3 is 0 Å². The van der Waals surface area contributed by atoms with Crippen LogP contribution < -0.4 is 5.32 Å². The van der Waals surface area contributed by atoms with E-state index >= 15 is 0 Å². The van der Waals surface area contributed by atoms with E-state index in [1.54, 1.807) is 24.7 Å². The first-order valence-corrected chi connectivity index (χ1v) is 10.0. The van der Waals surface area contributed by atoms with E-state index in [0.717, 1.165) is 15.8 Å². The van der Waals surface area contributed by atoms with Crippen LogP contribution >= 0.6 is 0 Å². The van der Waals surface area contributed by atoms with Gasteiger partial charge in [0.2, 0.25) is 5.91 Å². The molecule has 7 nitrogen and oxygen atoms in total. The van der Waals surface area contributed by atoms with E-state index in [1.165, 1.54) is 0 Å². The van der Waals surface area contributed by atoms with Gasteiger partial charge in [0.1, 0.15) is 5.82 Å². The zero-order valence-electron chi connectivity index (χ0n) is 18.1. The van der Waals surface area contributed by atoms with Crippen LogP contribution in [0.25, 0.3) is 22.2 Å². The zero-order chi connectivity index (χ0) is 24.9. The van der Waals surface area contributed by atoms with Crippen LogP contribution in [0.2, 0.25) is 0 Å². The largest absolute Gasteiger partial charge is 0.406 e. The molecule has 0 bridgehead atoms. The molecule has 1 saturated heterocycles. The molecule has 148 valence electrons. The number of fused-ring (bicyclic) bond motifs is 1. The van der Waals surface area contributed by atoms with E-state index in [2.05, 4.69) is 20.3 Å². The number of nitrogens with one attached hydrogen (secondary N) is 1. The molecule has 1 N–H and O–H groups in total. The second-order valence-electron chi connectivity index (χ2n) is 8.17. The first-order chi connectivity index (χ1) is 15.7. The number of amides is 1. The summed E-state index contributed by atoms with van der Waals surface area (Å²) < 4.78 is 5.13. The van der Waals surface area contributed by atoms with Gasteiger partial charge in [-0.05, 0) is 45.7 Å². The maximum absolute atomic E-state index is 12.9. The van der Waals surface area contributed by atoms with Gasteiger partial charge in [-0.1, -0.05) is 0 Å². The van der Waals surface area contributed by atoms with E-state index in [4.69, 9.17) is 67.5 Å². The summed E-state index contributed by atoms with van der Waals surface area (Å²) in [5.41, 5.74) is 2.12. The molecule has 15 heteroatoms. The second-order valence-corrected chi connectivity index (χ2v) is 8.17. The molecule has 0 aromatic carbocycles. The van der Waals surface area contributed by atoms with Crippen molar-refractivity contribution >= 4 is 85.4 Å². The molecule has 1 fully saturated rings. The summed E-state index contributed by atoms with van der Waals surface area (Å²) in [6, 6.07) is 8.99. The van der Waals surface area contributed by atoms with Gasteiger partial charge in [0.25, 0.3) is 0 Å². The van der Waals surface area contributed by atoms with Gasteiger partial charge in [-0.15, -0.1) is 0 Å². The number of carbonyl (C=O) groups is 1. The number of aromatic nitrogens is 3. The van der Waals surface area contributed by atoms with Gasteiger partial charge in [0.05, 0.1) is 80.5 Å². The maximum atomic E-state index is 12.9. The first kappa shape index (κ1) is 24.7. The summed E-state index contributed by atoms with van der Waals surface area (Å²) in [5.74, 6) is -0.469. The van der Waals surface area contributed by atoms with Crippen LogP contribution in [0.3, 0.4) is 0 Å². The van der Waals surface area contributed by atoms with E-state index in [0.29, 0.717) is 11.2 Å². The molecule has 0 aliphatic carbocycles. The summed E-state index contributed by atoms with van der Waals surface area (Å²) in [7, 11) is 47.5. The molecular formula is C19H11B8N5O2. The van der Waals surface area contributed by atoms with Crippen molar-refractivity contribution in [2.75, 3.05) is 11.9 Å². The molecular weight excluding hydrogens is 417 g/mol. The highest BCUT2D eigenvalue weighted by Crippen LogP contribution is 2.39. The van der Waals surface area contributed by atoms with Crippen LogP contribution in [0, 0.1) is 0 Å². The third-order valence-corrected chi connectivity index (χ3v) is 5.58. The Morgan fingerprint density at radius 2 is 1.65 bits per heavy atom. The molecule has 3 aromatic rings. The van der Waals surface area contributed by atoms with Gasteiger partial charge in [-0.2, -0.15) is 0 Å². The monoisotopic (exact) mass is 429 g/mol. The van der Waals surface area contributed by atoms with Crippen molar-refractivity contribution in [3.8, 4) is 11.3 Å². The van der Waals surface area contributed by atoms with Crippen molar-refractivity contribution in [1.29, 1.82) is 0 Å². The lowest BCUT2D eigenvalue weighted by Crippen LogP contribution is -2.86. The highest BCUT2D eigenvalue weighted by atomic mass is 16.5. The van der Waals surface area contributed by atoms with Gasteiger partial charge < -0.3 is 15.0 Å². The Balaban J connectivity index is 1.59. The predicted molar refractivity (Wildman–Crippen MR) is 136 cm³/mol. The van der Waals surface area contributed by atoms with Gasteiger partial charge in [-0.25, -0.2) is 9.97 Å². The Kier molecular flexibility index (Phi) is 6.10. The number of morpholine rings is 1. The molecule has 1 amide bonds. The average molecular weight is 428 g/mol. The Bertz CT molecular complexity index is 1220. The van der Waals surface area contributed by atoms with Crippen molar-refractivity contribution in [3.05, 3.63) is 48.9 Å². The van der Waals surface area contributed by atoms with Crippen molar-refractivity contribution in [2.24, 2.45) is 0 Å². The predicted octanol–water partition coefficient (Wildman–Crippen LogP) is -2.07. The number of carbonyl (C=O) groups excluding carboxylic acids is 1. The molecule has 1 aliphatic heterocycles. The fraction of sp³-hybridized carbons (Fsp3) is 0.263. The van der Waals surface area contributed by atoms with Gasteiger partial charge in [0, 0.05) is 35.6 Å². The summed E-state index contributed by atoms with van der Waals surface area (Å²) in [4.78, 5) is 26.6. The molecule has 0 atom stereocenters. The maximum Gasteiger partial charge on any atom is 0.239 e. The van der Waals surface area contributed by atoms with Crippen LogP contribution in [0.15, 0.2) is 48.9 Å². The second kappa shape index (κ2) is 8.38. The van der Waals surface area contributed by atoms with E-state index < -0.39 is 33.9 Å². The molecule has 0 saturated carbocycles. The summed E-state index contributed by atoms with van der Waals surface area (Å²) in [6.45, 7) is -0.599. The zero-order valence-corrected chi connectivity index (χ0v) is 18.1. The quantitative estimate of drug-likeness (QED) is 0.482. The average Bonchev–Trinajstić information content (AvgIpc) is 2.75. The molecule has 34 heavy (non-hydrogen) atoms. The number of anilines is 1. The fourth-order valence-electron chi connectivity index (χ4n) is 3.52. The topological polar surface area (TPSA) is 80.2 Å². The minimum atomic E-state index is -2.30. The van der Waals surface area contributed by atoms with Crippen LogP contribution in [0.4, 0.5) is 5.82 Å². The van der Waals surface area contributed by atoms with Crippen LogP contribution in [0.1, 0.15) is 0 Å². The lowest BCUT2D eigenvalue weighted by molar-refractivity contribution is -0.131. The van der Waals surface area contributed by atoms with Gasteiger partial charge in [-0.3, -0.25) is 9.78 Å². The Morgan fingerprint density at radius 3 is 2.26 bits per heavy atom. The normalized spacial score (nSPS) is 20.5. The molecule has 16 radical (unpaired) electrons. The molecule has 0 spiro atoms. The SMILES string of the molecule is [B]C1([B])OC([B])([B])C([B])([B])N(CC(=O)Nc2cc3nc(-c4cccnc4)ccc3cn2)C1([B])[B]. The lowest BCUT2D eigenvalue weighted by Gasteiger charge is -2.70. The Hall–Kier alpha value is -2.38. The van der Waals surface area contributed by atoms with E-state index in [-0.39, 0.29) is 5.82 Å². The van der Waals surface area contributed by atoms with Crippen molar-refractivity contribution in [2.45, 2.75) is 21.5 Å². The first-order valence-electron chi connectivity index (χ1n) is 10.0. The van der Waals surface area contributed by atoms with E-state index in [9.17, 15) is 4.79 Å². The van der Waals surface area contributed by atoms with Crippen LogP contribution in [0.5, 0.6) is 0 Å². The minimum Gasteiger partial charge on any atom is -0.406 e. The third-order valence-electron chi connectivity index (χ3n) is 5.58. The Morgan fingerprint density at radius 1 is 0.971 bits per heavy atom. The Labute approximate surface area is 208 Å². The lowest BCUT2D eigenvalue weighted by atomic mass is 9.30. The number of rotatable bonds is 4. The highest BCUT2D eigenvalue weighted by molar-refractivity contribution is 6.59. The smallest absolute Gasteiger partial charge is 0.239 e. The van der Waals surface area contributed by atoms with Crippen molar-refractivity contribution < 1.29 is 9.53 Å². The number of nitrogens with zero attached hydrogens (tertiary/aromatic N) is 4. The summed E-state index contributed by atoms with van der Waals surface area (Å²) >= 11 is 0. The number of pyridine rings is 3. The summed E-state index contributed by atoms with van der Waals surface area (Å²) in [5, 5.41) is -5.69. The van der Waals surface area contributed by atoms with Crippen molar-refractivity contribution in [3.63, 3.8) is 0 Å². The molecule has 4 rings (SSSR count).